The van der Waals surface area contributed by atoms with Crippen molar-refractivity contribution < 1.29 is 9.85 Å². The van der Waals surface area contributed by atoms with E-state index in [0.29, 0.717) is 39.2 Å². The van der Waals surface area contributed by atoms with E-state index in [4.69, 9.17) is 5.26 Å². The SMILES string of the molecule is Cc1ccc2c(c1)C(=Nc1cccc(C#N)c1)c1cc([N+](=O)[O-])cc([N+](=O)[O-])c1-2. The van der Waals surface area contributed by atoms with E-state index in [-0.39, 0.29) is 11.4 Å². The van der Waals surface area contributed by atoms with Gasteiger partial charge in [0.25, 0.3) is 11.4 Å². The summed E-state index contributed by atoms with van der Waals surface area (Å²) >= 11 is 0. The number of benzene rings is 3. The number of hydrogen-bond acceptors (Lipinski definition) is 6. The highest BCUT2D eigenvalue weighted by Crippen LogP contribution is 2.45. The van der Waals surface area contributed by atoms with Crippen LogP contribution >= 0.6 is 0 Å². The Morgan fingerprint density at radius 2 is 1.72 bits per heavy atom. The molecule has 0 spiro atoms. The quantitative estimate of drug-likeness (QED) is 0.370. The van der Waals surface area contributed by atoms with Gasteiger partial charge in [-0.25, -0.2) is 4.99 Å². The average molecular weight is 384 g/mol. The largest absolute Gasteiger partial charge is 0.284 e. The Hall–Kier alpha value is -4.38. The van der Waals surface area contributed by atoms with Gasteiger partial charge in [0.15, 0.2) is 0 Å². The second-order valence-corrected chi connectivity index (χ2v) is 6.57. The van der Waals surface area contributed by atoms with Crippen LogP contribution in [0, 0.1) is 38.5 Å². The van der Waals surface area contributed by atoms with Crippen molar-refractivity contribution in [1.82, 2.24) is 0 Å². The molecule has 3 aromatic carbocycles. The van der Waals surface area contributed by atoms with Gasteiger partial charge in [-0.1, -0.05) is 23.8 Å². The minimum atomic E-state index is -0.657. The van der Waals surface area contributed by atoms with Crippen LogP contribution in [-0.2, 0) is 0 Å². The van der Waals surface area contributed by atoms with Crippen molar-refractivity contribution in [2.45, 2.75) is 6.92 Å². The monoisotopic (exact) mass is 384 g/mol. The summed E-state index contributed by atoms with van der Waals surface area (Å²) in [5.41, 5.74) is 3.41. The maximum absolute atomic E-state index is 11.7. The van der Waals surface area contributed by atoms with E-state index < -0.39 is 9.85 Å². The van der Waals surface area contributed by atoms with Crippen LogP contribution in [0.4, 0.5) is 17.1 Å². The fourth-order valence-corrected chi connectivity index (χ4v) is 3.44. The smallest absolute Gasteiger partial charge is 0.258 e. The molecule has 0 fully saturated rings. The van der Waals surface area contributed by atoms with Crippen molar-refractivity contribution in [3.63, 3.8) is 0 Å². The van der Waals surface area contributed by atoms with Crippen molar-refractivity contribution >= 4 is 22.8 Å². The lowest BCUT2D eigenvalue weighted by Gasteiger charge is -2.04. The maximum Gasteiger partial charge on any atom is 0.284 e. The molecule has 0 aliphatic heterocycles. The van der Waals surface area contributed by atoms with E-state index in [2.05, 4.69) is 4.99 Å². The molecular weight excluding hydrogens is 372 g/mol. The highest BCUT2D eigenvalue weighted by Gasteiger charge is 2.34. The molecule has 3 aromatic rings. The molecule has 1 aliphatic carbocycles. The number of hydrogen-bond donors (Lipinski definition) is 0. The third-order valence-electron chi connectivity index (χ3n) is 4.68. The van der Waals surface area contributed by atoms with Crippen LogP contribution in [-0.4, -0.2) is 15.6 Å². The highest BCUT2D eigenvalue weighted by atomic mass is 16.6. The molecule has 0 atom stereocenters. The van der Waals surface area contributed by atoms with Crippen LogP contribution < -0.4 is 0 Å². The first-order valence-electron chi connectivity index (χ1n) is 8.56. The van der Waals surface area contributed by atoms with Crippen molar-refractivity contribution in [2.75, 3.05) is 0 Å². The molecule has 0 bridgehead atoms. The van der Waals surface area contributed by atoms with Gasteiger partial charge in [0, 0.05) is 17.2 Å². The summed E-state index contributed by atoms with van der Waals surface area (Å²) in [4.78, 5) is 26.4. The van der Waals surface area contributed by atoms with Gasteiger partial charge < -0.3 is 0 Å². The van der Waals surface area contributed by atoms with Gasteiger partial charge in [-0.2, -0.15) is 5.26 Å². The Balaban J connectivity index is 2.07. The molecule has 0 radical (unpaired) electrons. The van der Waals surface area contributed by atoms with Gasteiger partial charge >= 0.3 is 0 Å². The van der Waals surface area contributed by atoms with Crippen molar-refractivity contribution in [3.05, 3.63) is 97.1 Å². The normalized spacial score (nSPS) is 12.9. The molecule has 0 N–H and O–H groups in total. The van der Waals surface area contributed by atoms with Gasteiger partial charge in [-0.3, -0.25) is 20.2 Å². The second-order valence-electron chi connectivity index (χ2n) is 6.57. The Morgan fingerprint density at radius 1 is 0.931 bits per heavy atom. The first-order valence-corrected chi connectivity index (χ1v) is 8.56. The molecule has 4 rings (SSSR count). The number of nitrogens with zero attached hydrogens (tertiary/aromatic N) is 4. The zero-order valence-electron chi connectivity index (χ0n) is 15.1. The zero-order valence-corrected chi connectivity index (χ0v) is 15.1. The topological polar surface area (TPSA) is 122 Å². The number of nitriles is 1. The number of fused-ring (bicyclic) bond motifs is 3. The number of rotatable bonds is 3. The minimum Gasteiger partial charge on any atom is -0.258 e. The Labute approximate surface area is 164 Å². The van der Waals surface area contributed by atoms with Gasteiger partial charge in [-0.05, 0) is 36.8 Å². The first-order chi connectivity index (χ1) is 13.9. The van der Waals surface area contributed by atoms with E-state index >= 15 is 0 Å². The second kappa shape index (κ2) is 6.65. The molecule has 29 heavy (non-hydrogen) atoms. The molecular formula is C21H12N4O4. The fraction of sp³-hybridized carbons (Fsp3) is 0.0476. The van der Waals surface area contributed by atoms with Crippen molar-refractivity contribution in [2.24, 2.45) is 4.99 Å². The Kier molecular flexibility index (Phi) is 4.13. The van der Waals surface area contributed by atoms with Gasteiger partial charge in [0.1, 0.15) is 0 Å². The molecule has 0 amide bonds. The zero-order chi connectivity index (χ0) is 20.7. The van der Waals surface area contributed by atoms with Gasteiger partial charge in [-0.15, -0.1) is 0 Å². The molecule has 140 valence electrons. The number of aryl methyl sites for hydroxylation is 1. The van der Waals surface area contributed by atoms with Crippen LogP contribution in [0.3, 0.4) is 0 Å². The lowest BCUT2D eigenvalue weighted by atomic mass is 10.0. The number of nitro benzene ring substituents is 2. The molecule has 0 saturated carbocycles. The number of non-ortho nitro benzene ring substituents is 1. The van der Waals surface area contributed by atoms with E-state index in [9.17, 15) is 20.2 Å². The standard InChI is InChI=1S/C21H12N4O4/c1-12-5-6-16-17(7-12)21(23-14-4-2-3-13(8-14)11-22)18-9-15(24(26)27)10-19(20(16)18)25(28)29/h2-10H,1H3. The fourth-order valence-electron chi connectivity index (χ4n) is 3.44. The molecule has 0 aromatic heterocycles. The number of aliphatic imine (C=N–C) groups is 1. The summed E-state index contributed by atoms with van der Waals surface area (Å²) in [5, 5.41) is 32.1. The van der Waals surface area contributed by atoms with Gasteiger partial charge in [0.2, 0.25) is 0 Å². The number of nitro groups is 2. The summed E-state index contributed by atoms with van der Waals surface area (Å²) in [6.07, 6.45) is 0. The molecule has 0 saturated heterocycles. The van der Waals surface area contributed by atoms with Crippen LogP contribution in [0.15, 0.2) is 59.6 Å². The predicted molar refractivity (Wildman–Crippen MR) is 106 cm³/mol. The van der Waals surface area contributed by atoms with Crippen LogP contribution in [0.25, 0.3) is 11.1 Å². The first kappa shape index (κ1) is 18.0. The lowest BCUT2D eigenvalue weighted by Crippen LogP contribution is -2.01. The molecule has 8 nitrogen and oxygen atoms in total. The summed E-state index contributed by atoms with van der Waals surface area (Å²) in [6, 6.07) is 16.4. The summed E-state index contributed by atoms with van der Waals surface area (Å²) < 4.78 is 0. The van der Waals surface area contributed by atoms with Crippen LogP contribution in [0.1, 0.15) is 22.3 Å². The molecule has 8 heteroatoms. The third-order valence-corrected chi connectivity index (χ3v) is 4.68. The van der Waals surface area contributed by atoms with Crippen molar-refractivity contribution in [3.8, 4) is 17.2 Å². The third kappa shape index (κ3) is 3.00. The van der Waals surface area contributed by atoms with Crippen LogP contribution in [0.5, 0.6) is 0 Å². The van der Waals surface area contributed by atoms with E-state index in [0.717, 1.165) is 11.6 Å². The van der Waals surface area contributed by atoms with E-state index in [1.807, 2.05) is 25.1 Å². The van der Waals surface area contributed by atoms with E-state index in [1.165, 1.54) is 6.07 Å². The minimum absolute atomic E-state index is 0.311. The summed E-state index contributed by atoms with van der Waals surface area (Å²) in [6.45, 7) is 1.88. The Bertz CT molecular complexity index is 1290. The van der Waals surface area contributed by atoms with Crippen LogP contribution in [0.2, 0.25) is 0 Å². The summed E-state index contributed by atoms with van der Waals surface area (Å²) in [5.74, 6) is 0. The molecule has 0 unspecified atom stereocenters. The van der Waals surface area contributed by atoms with E-state index in [1.54, 1.807) is 30.3 Å². The maximum atomic E-state index is 11.7. The average Bonchev–Trinajstić information content (AvgIpc) is 3.00. The Morgan fingerprint density at radius 3 is 2.41 bits per heavy atom. The predicted octanol–water partition coefficient (Wildman–Crippen LogP) is 4.83. The molecule has 0 heterocycles. The lowest BCUT2D eigenvalue weighted by molar-refractivity contribution is -0.393. The van der Waals surface area contributed by atoms with Gasteiger partial charge in [0.05, 0.1) is 44.5 Å². The highest BCUT2D eigenvalue weighted by molar-refractivity contribution is 6.26. The molecule has 1 aliphatic rings. The summed E-state index contributed by atoms with van der Waals surface area (Å²) in [7, 11) is 0. The van der Waals surface area contributed by atoms with Crippen molar-refractivity contribution in [1.29, 1.82) is 5.26 Å².